The lowest BCUT2D eigenvalue weighted by Crippen LogP contribution is -2.53. The number of nitrogens with one attached hydrogen (secondary N) is 1. The summed E-state index contributed by atoms with van der Waals surface area (Å²) in [5.41, 5.74) is 8.77. The van der Waals surface area contributed by atoms with Gasteiger partial charge in [-0.15, -0.1) is 12.4 Å². The number of nitrogens with two attached hydrogens (primary N) is 1. The molecule has 2 aromatic carbocycles. The quantitative estimate of drug-likeness (QED) is 0.848. The first-order valence-electron chi connectivity index (χ1n) is 8.76. The van der Waals surface area contributed by atoms with Crippen molar-refractivity contribution in [1.29, 1.82) is 0 Å². The van der Waals surface area contributed by atoms with Gasteiger partial charge in [0.15, 0.2) is 0 Å². The summed E-state index contributed by atoms with van der Waals surface area (Å²) in [6, 6.07) is 16.2. The first kappa shape index (κ1) is 20.7. The van der Waals surface area contributed by atoms with Crippen LogP contribution in [0.25, 0.3) is 0 Å². The van der Waals surface area contributed by atoms with Crippen LogP contribution in [0.1, 0.15) is 17.2 Å². The molecule has 144 valence electrons. The lowest BCUT2D eigenvalue weighted by Gasteiger charge is -2.35. The first-order chi connectivity index (χ1) is 12.5. The molecule has 1 heterocycles. The molecule has 3 amide bonds. The Bertz CT molecular complexity index is 777. The van der Waals surface area contributed by atoms with E-state index in [0.29, 0.717) is 26.2 Å². The Morgan fingerprint density at radius 1 is 0.963 bits per heavy atom. The van der Waals surface area contributed by atoms with Gasteiger partial charge in [-0.3, -0.25) is 4.79 Å². The second-order valence-electron chi connectivity index (χ2n) is 6.50. The van der Waals surface area contributed by atoms with Crippen LogP contribution in [-0.2, 0) is 4.79 Å². The topological polar surface area (TPSA) is 78.7 Å². The lowest BCUT2D eigenvalue weighted by atomic mass is 10.1. The van der Waals surface area contributed by atoms with E-state index in [1.54, 1.807) is 9.80 Å². The van der Waals surface area contributed by atoms with Crippen molar-refractivity contribution >= 4 is 30.0 Å². The third kappa shape index (κ3) is 5.21. The number of carbonyl (C=O) groups excluding carboxylic acids is 2. The zero-order chi connectivity index (χ0) is 18.5. The average molecular weight is 389 g/mol. The third-order valence-corrected chi connectivity index (χ3v) is 4.57. The summed E-state index contributed by atoms with van der Waals surface area (Å²) in [6.45, 7) is 3.94. The minimum atomic E-state index is -0.663. The van der Waals surface area contributed by atoms with Crippen LogP contribution in [-0.4, -0.2) is 47.9 Å². The molecule has 2 aromatic rings. The minimum absolute atomic E-state index is 0. The number of aryl methyl sites for hydroxylation is 1. The summed E-state index contributed by atoms with van der Waals surface area (Å²) in [5.74, 6) is -0.102. The Hall–Kier alpha value is -2.57. The predicted octanol–water partition coefficient (Wildman–Crippen LogP) is 2.79. The Kier molecular flexibility index (Phi) is 7.21. The van der Waals surface area contributed by atoms with Crippen LogP contribution in [0.2, 0.25) is 0 Å². The van der Waals surface area contributed by atoms with Gasteiger partial charge in [0, 0.05) is 31.9 Å². The van der Waals surface area contributed by atoms with Crippen molar-refractivity contribution in [1.82, 2.24) is 9.80 Å². The number of hydrogen-bond donors (Lipinski definition) is 2. The summed E-state index contributed by atoms with van der Waals surface area (Å²) in [7, 11) is 0. The van der Waals surface area contributed by atoms with E-state index in [1.165, 1.54) is 0 Å². The van der Waals surface area contributed by atoms with Gasteiger partial charge in [-0.2, -0.15) is 0 Å². The molecule has 1 unspecified atom stereocenters. The van der Waals surface area contributed by atoms with Gasteiger partial charge in [0.1, 0.15) is 6.04 Å². The van der Waals surface area contributed by atoms with E-state index in [9.17, 15) is 9.59 Å². The highest BCUT2D eigenvalue weighted by atomic mass is 35.5. The first-order valence-corrected chi connectivity index (χ1v) is 8.76. The number of benzene rings is 2. The molecule has 3 rings (SSSR count). The average Bonchev–Trinajstić information content (AvgIpc) is 2.67. The second-order valence-corrected chi connectivity index (χ2v) is 6.50. The Morgan fingerprint density at radius 3 is 2.22 bits per heavy atom. The van der Waals surface area contributed by atoms with Crippen molar-refractivity contribution in [3.63, 3.8) is 0 Å². The maximum Gasteiger partial charge on any atom is 0.321 e. The predicted molar refractivity (Wildman–Crippen MR) is 109 cm³/mol. The van der Waals surface area contributed by atoms with Crippen molar-refractivity contribution < 1.29 is 9.59 Å². The number of urea groups is 1. The minimum Gasteiger partial charge on any atom is -0.337 e. The van der Waals surface area contributed by atoms with Gasteiger partial charge in [-0.1, -0.05) is 42.5 Å². The van der Waals surface area contributed by atoms with Crippen molar-refractivity contribution in [3.8, 4) is 0 Å². The molecule has 3 N–H and O–H groups in total. The molecule has 0 radical (unpaired) electrons. The zero-order valence-corrected chi connectivity index (χ0v) is 16.1. The highest BCUT2D eigenvalue weighted by Gasteiger charge is 2.27. The molecule has 1 saturated heterocycles. The van der Waals surface area contributed by atoms with Gasteiger partial charge < -0.3 is 20.9 Å². The summed E-state index contributed by atoms with van der Waals surface area (Å²) in [4.78, 5) is 28.4. The second kappa shape index (κ2) is 9.39. The zero-order valence-electron chi connectivity index (χ0n) is 15.3. The fraction of sp³-hybridized carbons (Fsp3) is 0.300. The van der Waals surface area contributed by atoms with Crippen molar-refractivity contribution in [2.75, 3.05) is 31.5 Å². The molecule has 6 nitrogen and oxygen atoms in total. The van der Waals surface area contributed by atoms with E-state index < -0.39 is 6.04 Å². The molecule has 0 aromatic heterocycles. The smallest absolute Gasteiger partial charge is 0.321 e. The molecule has 0 aliphatic carbocycles. The van der Waals surface area contributed by atoms with Gasteiger partial charge >= 0.3 is 6.03 Å². The number of nitrogens with zero attached hydrogens (tertiary/aromatic N) is 2. The molecule has 0 bridgehead atoms. The van der Waals surface area contributed by atoms with E-state index in [1.807, 2.05) is 61.5 Å². The summed E-state index contributed by atoms with van der Waals surface area (Å²) < 4.78 is 0. The highest BCUT2D eigenvalue weighted by Crippen LogP contribution is 2.15. The number of carbonyl (C=O) groups is 2. The van der Waals surface area contributed by atoms with Crippen LogP contribution in [0, 0.1) is 6.92 Å². The maximum atomic E-state index is 12.6. The van der Waals surface area contributed by atoms with Crippen molar-refractivity contribution in [2.24, 2.45) is 5.73 Å². The van der Waals surface area contributed by atoms with E-state index in [0.717, 1.165) is 16.8 Å². The van der Waals surface area contributed by atoms with Crippen molar-refractivity contribution in [3.05, 3.63) is 65.7 Å². The normalized spacial score (nSPS) is 14.9. The van der Waals surface area contributed by atoms with Gasteiger partial charge in [0.25, 0.3) is 0 Å². The van der Waals surface area contributed by atoms with E-state index in [4.69, 9.17) is 5.73 Å². The van der Waals surface area contributed by atoms with Gasteiger partial charge in [-0.25, -0.2) is 4.79 Å². The number of anilines is 1. The van der Waals surface area contributed by atoms with E-state index in [2.05, 4.69) is 5.32 Å². The maximum absolute atomic E-state index is 12.6. The Labute approximate surface area is 165 Å². The molecule has 1 aliphatic heterocycles. The van der Waals surface area contributed by atoms with Crippen LogP contribution in [0.3, 0.4) is 0 Å². The largest absolute Gasteiger partial charge is 0.337 e. The van der Waals surface area contributed by atoms with Crippen LogP contribution >= 0.6 is 12.4 Å². The van der Waals surface area contributed by atoms with Gasteiger partial charge in [0.05, 0.1) is 0 Å². The standard InChI is InChI=1S/C20H24N4O2.ClH/c1-15-6-5-9-17(14-15)22-20(26)24-12-10-23(11-13-24)19(25)18(21)16-7-3-2-4-8-16;/h2-9,14,18H,10-13,21H2,1H3,(H,22,26);1H. The molecule has 0 spiro atoms. The summed E-state index contributed by atoms with van der Waals surface area (Å²) in [6.07, 6.45) is 0. The molecule has 1 atom stereocenters. The fourth-order valence-corrected chi connectivity index (χ4v) is 3.05. The molecule has 27 heavy (non-hydrogen) atoms. The molecule has 1 aliphatic rings. The molecule has 1 fully saturated rings. The molecular formula is C20H25ClN4O2. The lowest BCUT2D eigenvalue weighted by molar-refractivity contribution is -0.134. The number of hydrogen-bond acceptors (Lipinski definition) is 3. The summed E-state index contributed by atoms with van der Waals surface area (Å²) in [5, 5.41) is 2.90. The molecular weight excluding hydrogens is 364 g/mol. The van der Waals surface area contributed by atoms with Gasteiger partial charge in [0.2, 0.25) is 5.91 Å². The summed E-state index contributed by atoms with van der Waals surface area (Å²) >= 11 is 0. The molecule has 0 saturated carbocycles. The third-order valence-electron chi connectivity index (χ3n) is 4.57. The van der Waals surface area contributed by atoms with Crippen LogP contribution in [0.5, 0.6) is 0 Å². The number of rotatable bonds is 3. The SMILES string of the molecule is Cc1cccc(NC(=O)N2CCN(C(=O)C(N)c3ccccc3)CC2)c1.Cl. The van der Waals surface area contributed by atoms with E-state index in [-0.39, 0.29) is 24.3 Å². The Balaban J connectivity index is 0.00000261. The highest BCUT2D eigenvalue weighted by molar-refractivity contribution is 5.90. The van der Waals surface area contributed by atoms with Crippen molar-refractivity contribution in [2.45, 2.75) is 13.0 Å². The van der Waals surface area contributed by atoms with Gasteiger partial charge in [-0.05, 0) is 30.2 Å². The van der Waals surface area contributed by atoms with Crippen LogP contribution in [0.15, 0.2) is 54.6 Å². The number of amides is 3. The number of halogens is 1. The monoisotopic (exact) mass is 388 g/mol. The van der Waals surface area contributed by atoms with E-state index >= 15 is 0 Å². The number of piperazine rings is 1. The van der Waals surface area contributed by atoms with Crippen LogP contribution in [0.4, 0.5) is 10.5 Å². The van der Waals surface area contributed by atoms with Crippen LogP contribution < -0.4 is 11.1 Å². The Morgan fingerprint density at radius 2 is 1.59 bits per heavy atom. The molecule has 7 heteroatoms. The fourth-order valence-electron chi connectivity index (χ4n) is 3.05.